The molecule has 0 unspecified atom stereocenters. The van der Waals surface area contributed by atoms with E-state index in [9.17, 15) is 23.1 Å². The Morgan fingerprint density at radius 1 is 1.38 bits per heavy atom. The molecular formula is C6H4ClN2NaO5S. The van der Waals surface area contributed by atoms with E-state index in [4.69, 9.17) is 17.3 Å². The third kappa shape index (κ3) is 3.30. The minimum Gasteiger partial charge on any atom is -0.744 e. The largest absolute Gasteiger partial charge is 1.00 e. The van der Waals surface area contributed by atoms with Gasteiger partial charge in [-0.25, -0.2) is 8.42 Å². The van der Waals surface area contributed by atoms with Gasteiger partial charge in [0.25, 0.3) is 5.69 Å². The van der Waals surface area contributed by atoms with Crippen molar-refractivity contribution in [3.63, 3.8) is 0 Å². The molecule has 0 aliphatic carbocycles. The van der Waals surface area contributed by atoms with Crippen molar-refractivity contribution in [2.45, 2.75) is 4.90 Å². The zero-order chi connectivity index (χ0) is 11.8. The van der Waals surface area contributed by atoms with E-state index in [1.807, 2.05) is 0 Å². The summed E-state index contributed by atoms with van der Waals surface area (Å²) in [5, 5.41) is 10.0. The number of anilines is 1. The maximum Gasteiger partial charge on any atom is 1.00 e. The molecule has 0 spiro atoms. The van der Waals surface area contributed by atoms with Gasteiger partial charge in [0.15, 0.2) is 0 Å². The van der Waals surface area contributed by atoms with Gasteiger partial charge < -0.3 is 10.3 Å². The average molecular weight is 275 g/mol. The van der Waals surface area contributed by atoms with Crippen LogP contribution in [0.3, 0.4) is 0 Å². The van der Waals surface area contributed by atoms with Crippen molar-refractivity contribution < 1.29 is 47.5 Å². The van der Waals surface area contributed by atoms with Crippen molar-refractivity contribution in [1.29, 1.82) is 0 Å². The van der Waals surface area contributed by atoms with Crippen molar-refractivity contribution in [3.8, 4) is 0 Å². The zero-order valence-electron chi connectivity index (χ0n) is 8.01. The molecule has 0 aliphatic rings. The number of nitrogens with zero attached hydrogens (tertiary/aromatic N) is 1. The van der Waals surface area contributed by atoms with E-state index in [1.54, 1.807) is 0 Å². The molecule has 2 N–H and O–H groups in total. The number of hydrogen-bond acceptors (Lipinski definition) is 6. The van der Waals surface area contributed by atoms with Crippen molar-refractivity contribution in [3.05, 3.63) is 27.3 Å². The zero-order valence-corrected chi connectivity index (χ0v) is 11.6. The Kier molecular flexibility index (Phi) is 5.17. The summed E-state index contributed by atoms with van der Waals surface area (Å²) < 4.78 is 32.0. The van der Waals surface area contributed by atoms with Crippen molar-refractivity contribution >= 4 is 33.1 Å². The number of non-ortho nitro benzene ring substituents is 1. The molecule has 1 aromatic rings. The molecule has 7 nitrogen and oxygen atoms in total. The van der Waals surface area contributed by atoms with Crippen molar-refractivity contribution in [2.24, 2.45) is 0 Å². The first-order chi connectivity index (χ1) is 6.73. The summed E-state index contributed by atoms with van der Waals surface area (Å²) in [5.74, 6) is 0. The number of halogens is 1. The van der Waals surface area contributed by atoms with Gasteiger partial charge in [0.2, 0.25) is 0 Å². The quantitative estimate of drug-likeness (QED) is 0.213. The summed E-state index contributed by atoms with van der Waals surface area (Å²) in [7, 11) is -4.88. The maximum atomic E-state index is 10.7. The summed E-state index contributed by atoms with van der Waals surface area (Å²) in [6.07, 6.45) is 0. The van der Waals surface area contributed by atoms with E-state index in [0.29, 0.717) is 6.07 Å². The molecule has 0 fully saturated rings. The van der Waals surface area contributed by atoms with E-state index in [2.05, 4.69) is 0 Å². The number of rotatable bonds is 2. The van der Waals surface area contributed by atoms with E-state index < -0.39 is 31.3 Å². The van der Waals surface area contributed by atoms with Gasteiger partial charge in [-0.05, 0) is 0 Å². The van der Waals surface area contributed by atoms with E-state index in [0.717, 1.165) is 6.07 Å². The average Bonchev–Trinajstić information content (AvgIpc) is 2.06. The number of nitro benzene ring substituents is 1. The van der Waals surface area contributed by atoms with Gasteiger partial charge in [-0.1, -0.05) is 11.6 Å². The molecule has 0 bridgehead atoms. The van der Waals surface area contributed by atoms with Crippen LogP contribution in [0.25, 0.3) is 0 Å². The fraction of sp³-hybridized carbons (Fsp3) is 0. The van der Waals surface area contributed by atoms with Crippen LogP contribution in [0.5, 0.6) is 0 Å². The SMILES string of the molecule is Nc1c(Cl)cc([N+](=O)[O-])cc1S(=O)(=O)[O-].[Na+]. The third-order valence-electron chi connectivity index (χ3n) is 1.56. The van der Waals surface area contributed by atoms with Gasteiger partial charge in [-0.2, -0.15) is 0 Å². The molecule has 0 radical (unpaired) electrons. The second kappa shape index (κ2) is 5.30. The molecule has 10 heteroatoms. The second-order valence-corrected chi connectivity index (χ2v) is 4.31. The Labute approximate surface area is 118 Å². The minimum absolute atomic E-state index is 0. The van der Waals surface area contributed by atoms with Gasteiger partial charge >= 0.3 is 29.6 Å². The number of nitrogen functional groups attached to an aromatic ring is 1. The molecule has 16 heavy (non-hydrogen) atoms. The Bertz CT molecular complexity index is 532. The van der Waals surface area contributed by atoms with Crippen LogP contribution < -0.4 is 35.3 Å². The number of nitro groups is 1. The molecular weight excluding hydrogens is 271 g/mol. The van der Waals surface area contributed by atoms with E-state index >= 15 is 0 Å². The molecule has 0 heterocycles. The number of hydrogen-bond donors (Lipinski definition) is 1. The first-order valence-electron chi connectivity index (χ1n) is 3.43. The smallest absolute Gasteiger partial charge is 0.744 e. The molecule has 0 saturated heterocycles. The van der Waals surface area contributed by atoms with Crippen LogP contribution >= 0.6 is 11.6 Å². The van der Waals surface area contributed by atoms with Crippen LogP contribution in [0.2, 0.25) is 5.02 Å². The van der Waals surface area contributed by atoms with Crippen molar-refractivity contribution in [2.75, 3.05) is 5.73 Å². The van der Waals surface area contributed by atoms with Gasteiger partial charge in [-0.15, -0.1) is 0 Å². The topological polar surface area (TPSA) is 126 Å². The summed E-state index contributed by atoms with van der Waals surface area (Å²) in [4.78, 5) is 8.59. The standard InChI is InChI=1S/C6H5ClN2O5S.Na/c7-4-1-3(9(10)11)2-5(6(4)8)15(12,13)14;/h1-2H,8H2,(H,12,13,14);/q;+1/p-1. The normalized spacial score (nSPS) is 10.6. The second-order valence-electron chi connectivity index (χ2n) is 2.55. The molecule has 0 aromatic heterocycles. The molecule has 0 amide bonds. The Morgan fingerprint density at radius 2 is 1.88 bits per heavy atom. The van der Waals surface area contributed by atoms with Crippen LogP contribution in [0.1, 0.15) is 0 Å². The first kappa shape index (κ1) is 15.6. The van der Waals surface area contributed by atoms with E-state index in [1.165, 1.54) is 0 Å². The summed E-state index contributed by atoms with van der Waals surface area (Å²) in [6, 6.07) is 1.44. The molecule has 1 rings (SSSR count). The fourth-order valence-electron chi connectivity index (χ4n) is 0.891. The predicted molar refractivity (Wildman–Crippen MR) is 50.5 cm³/mol. The fourth-order valence-corrected chi connectivity index (χ4v) is 1.81. The predicted octanol–water partition coefficient (Wildman–Crippen LogP) is -2.26. The van der Waals surface area contributed by atoms with Gasteiger partial charge in [-0.3, -0.25) is 10.1 Å². The summed E-state index contributed by atoms with van der Waals surface area (Å²) in [5.41, 5.74) is 4.11. The molecule has 82 valence electrons. The number of benzene rings is 1. The Balaban J connectivity index is 0.00000225. The maximum absolute atomic E-state index is 10.7. The molecule has 0 aliphatic heterocycles. The van der Waals surface area contributed by atoms with Crippen LogP contribution in [0, 0.1) is 10.1 Å². The third-order valence-corrected chi connectivity index (χ3v) is 2.75. The number of nitrogens with two attached hydrogens (primary N) is 1. The molecule has 1 aromatic carbocycles. The monoisotopic (exact) mass is 274 g/mol. The van der Waals surface area contributed by atoms with Gasteiger partial charge in [0, 0.05) is 12.1 Å². The molecule has 0 saturated carbocycles. The summed E-state index contributed by atoms with van der Waals surface area (Å²) >= 11 is 5.44. The van der Waals surface area contributed by atoms with Crippen LogP contribution in [0.15, 0.2) is 17.0 Å². The minimum atomic E-state index is -4.88. The van der Waals surface area contributed by atoms with Crippen LogP contribution in [0.4, 0.5) is 11.4 Å². The van der Waals surface area contributed by atoms with E-state index in [-0.39, 0.29) is 34.6 Å². The van der Waals surface area contributed by atoms with Crippen molar-refractivity contribution in [1.82, 2.24) is 0 Å². The van der Waals surface area contributed by atoms with Crippen LogP contribution in [-0.4, -0.2) is 17.9 Å². The van der Waals surface area contributed by atoms with Gasteiger partial charge in [0.05, 0.1) is 20.5 Å². The van der Waals surface area contributed by atoms with Gasteiger partial charge in [0.1, 0.15) is 10.1 Å². The Hall–Kier alpha value is -0.380. The van der Waals surface area contributed by atoms with Crippen LogP contribution in [-0.2, 0) is 10.1 Å². The molecule has 0 atom stereocenters. The Morgan fingerprint density at radius 3 is 2.25 bits per heavy atom. The first-order valence-corrected chi connectivity index (χ1v) is 5.21. The summed E-state index contributed by atoms with van der Waals surface area (Å²) in [6.45, 7) is 0.